The first-order chi connectivity index (χ1) is 11.1. The Hall–Kier alpha value is -2.34. The predicted octanol–water partition coefficient (Wildman–Crippen LogP) is 3.15. The third-order valence-corrected chi connectivity index (χ3v) is 3.31. The van der Waals surface area contributed by atoms with Gasteiger partial charge in [-0.1, -0.05) is 6.07 Å². The molecule has 2 N–H and O–H groups in total. The molecule has 6 heteroatoms. The molecule has 0 saturated heterocycles. The second kappa shape index (κ2) is 8.33. The first-order valence-electron chi connectivity index (χ1n) is 7.34. The third-order valence-electron chi connectivity index (χ3n) is 3.09. The van der Waals surface area contributed by atoms with E-state index in [9.17, 15) is 0 Å². The van der Waals surface area contributed by atoms with E-state index in [1.807, 2.05) is 50.2 Å². The van der Waals surface area contributed by atoms with Crippen molar-refractivity contribution >= 4 is 23.1 Å². The molecule has 0 aliphatic carbocycles. The number of anilines is 1. The number of aromatic nitrogens is 1. The molecular weight excluding hydrogens is 310 g/mol. The van der Waals surface area contributed by atoms with Gasteiger partial charge in [0.25, 0.3) is 0 Å². The fourth-order valence-corrected chi connectivity index (χ4v) is 2.16. The number of ether oxygens (including phenoxy) is 2. The second-order valence-corrected chi connectivity index (χ2v) is 5.62. The number of rotatable bonds is 6. The summed E-state index contributed by atoms with van der Waals surface area (Å²) in [6.07, 6.45) is 1.79. The Labute approximate surface area is 142 Å². The summed E-state index contributed by atoms with van der Waals surface area (Å²) in [5.41, 5.74) is 1.11. The molecule has 122 valence electrons. The van der Waals surface area contributed by atoms with Crippen molar-refractivity contribution in [2.75, 3.05) is 19.0 Å². The van der Waals surface area contributed by atoms with Crippen LogP contribution in [0.3, 0.4) is 0 Å². The second-order valence-electron chi connectivity index (χ2n) is 5.21. The summed E-state index contributed by atoms with van der Waals surface area (Å²) < 4.78 is 10.8. The first kappa shape index (κ1) is 17.0. The Morgan fingerprint density at radius 2 is 1.87 bits per heavy atom. The summed E-state index contributed by atoms with van der Waals surface area (Å²) in [7, 11) is 1.64. The monoisotopic (exact) mass is 331 g/mol. The summed E-state index contributed by atoms with van der Waals surface area (Å²) in [4.78, 5) is 4.25. The fraction of sp³-hybridized carbons (Fsp3) is 0.294. The molecule has 5 nitrogen and oxygen atoms in total. The quantitative estimate of drug-likeness (QED) is 0.793. The highest BCUT2D eigenvalue weighted by molar-refractivity contribution is 7.80. The predicted molar refractivity (Wildman–Crippen MR) is 96.3 cm³/mol. The van der Waals surface area contributed by atoms with E-state index in [4.69, 9.17) is 21.7 Å². The Bertz CT molecular complexity index is 629. The fourth-order valence-electron chi connectivity index (χ4n) is 1.85. The average molecular weight is 331 g/mol. The van der Waals surface area contributed by atoms with Crippen LogP contribution in [0.1, 0.15) is 12.5 Å². The van der Waals surface area contributed by atoms with Gasteiger partial charge < -0.3 is 20.1 Å². The van der Waals surface area contributed by atoms with Crippen LogP contribution in [0.2, 0.25) is 0 Å². The van der Waals surface area contributed by atoms with Crippen LogP contribution in [0.25, 0.3) is 0 Å². The van der Waals surface area contributed by atoms with Gasteiger partial charge in [-0.25, -0.2) is 4.98 Å². The molecule has 0 aliphatic heterocycles. The molecule has 0 spiro atoms. The van der Waals surface area contributed by atoms with E-state index < -0.39 is 0 Å². The van der Waals surface area contributed by atoms with Crippen molar-refractivity contribution in [3.05, 3.63) is 48.2 Å². The molecule has 0 amide bonds. The van der Waals surface area contributed by atoms with Crippen molar-refractivity contribution in [2.45, 2.75) is 19.9 Å². The van der Waals surface area contributed by atoms with Crippen molar-refractivity contribution in [1.82, 2.24) is 10.3 Å². The summed E-state index contributed by atoms with van der Waals surface area (Å²) in [5.74, 6) is 2.31. The van der Waals surface area contributed by atoms with Gasteiger partial charge in [0.15, 0.2) is 5.11 Å². The lowest BCUT2D eigenvalue weighted by molar-refractivity contribution is 0.286. The van der Waals surface area contributed by atoms with Crippen molar-refractivity contribution < 1.29 is 9.47 Å². The normalized spacial score (nSPS) is 11.4. The average Bonchev–Trinajstić information content (AvgIpc) is 2.55. The number of pyridine rings is 1. The first-order valence-corrected chi connectivity index (χ1v) is 7.74. The van der Waals surface area contributed by atoms with Gasteiger partial charge >= 0.3 is 0 Å². The minimum Gasteiger partial charge on any atom is -0.497 e. The highest BCUT2D eigenvalue weighted by Gasteiger charge is 2.06. The molecule has 0 fully saturated rings. The smallest absolute Gasteiger partial charge is 0.172 e. The zero-order valence-corrected chi connectivity index (χ0v) is 14.3. The number of nitrogens with one attached hydrogen (secondary N) is 2. The van der Waals surface area contributed by atoms with Crippen molar-refractivity contribution in [3.63, 3.8) is 0 Å². The van der Waals surface area contributed by atoms with Crippen LogP contribution >= 0.6 is 12.2 Å². The molecule has 0 unspecified atom stereocenters. The Balaban J connectivity index is 1.75. The number of methoxy groups -OCH3 is 1. The lowest BCUT2D eigenvalue weighted by Crippen LogP contribution is -2.39. The summed E-state index contributed by atoms with van der Waals surface area (Å²) in [6.45, 7) is 4.49. The summed E-state index contributed by atoms with van der Waals surface area (Å²) in [6, 6.07) is 11.4. The van der Waals surface area contributed by atoms with E-state index in [0.29, 0.717) is 11.7 Å². The molecule has 1 atom stereocenters. The lowest BCUT2D eigenvalue weighted by Gasteiger charge is -2.17. The van der Waals surface area contributed by atoms with E-state index in [-0.39, 0.29) is 6.04 Å². The number of thiocarbonyl (C=S) groups is 1. The van der Waals surface area contributed by atoms with E-state index in [2.05, 4.69) is 15.6 Å². The molecule has 2 rings (SSSR count). The molecule has 0 radical (unpaired) electrons. The molecule has 2 aromatic rings. The van der Waals surface area contributed by atoms with Crippen LogP contribution < -0.4 is 20.1 Å². The van der Waals surface area contributed by atoms with E-state index >= 15 is 0 Å². The Morgan fingerprint density at radius 3 is 2.48 bits per heavy atom. The number of benzene rings is 1. The van der Waals surface area contributed by atoms with Gasteiger partial charge in [-0.05, 0) is 62.0 Å². The minimum absolute atomic E-state index is 0.0579. The van der Waals surface area contributed by atoms with E-state index in [0.717, 1.165) is 22.9 Å². The summed E-state index contributed by atoms with van der Waals surface area (Å²) >= 11 is 5.27. The number of hydrogen-bond acceptors (Lipinski definition) is 4. The van der Waals surface area contributed by atoms with Crippen molar-refractivity contribution in [3.8, 4) is 11.5 Å². The molecule has 0 aliphatic rings. The zero-order chi connectivity index (χ0) is 16.7. The third kappa shape index (κ3) is 5.75. The van der Waals surface area contributed by atoms with Crippen LogP contribution in [0.15, 0.2) is 42.6 Å². The van der Waals surface area contributed by atoms with Gasteiger partial charge in [-0.15, -0.1) is 0 Å². The zero-order valence-electron chi connectivity index (χ0n) is 13.5. The van der Waals surface area contributed by atoms with Crippen LogP contribution in [0, 0.1) is 6.92 Å². The molecular formula is C17H21N3O2S. The van der Waals surface area contributed by atoms with Crippen LogP contribution in [0.4, 0.5) is 5.82 Å². The minimum atomic E-state index is 0.0579. The Morgan fingerprint density at radius 1 is 1.17 bits per heavy atom. The van der Waals surface area contributed by atoms with Crippen molar-refractivity contribution in [1.29, 1.82) is 0 Å². The number of nitrogens with zero attached hydrogens (tertiary/aromatic N) is 1. The molecule has 1 aromatic carbocycles. The van der Waals surface area contributed by atoms with Gasteiger partial charge in [0.1, 0.15) is 23.9 Å². The highest BCUT2D eigenvalue weighted by Crippen LogP contribution is 2.17. The molecule has 0 bridgehead atoms. The van der Waals surface area contributed by atoms with Crippen molar-refractivity contribution in [2.24, 2.45) is 0 Å². The largest absolute Gasteiger partial charge is 0.497 e. The van der Waals surface area contributed by atoms with Gasteiger partial charge in [0, 0.05) is 6.20 Å². The number of hydrogen-bond donors (Lipinski definition) is 2. The number of aryl methyl sites for hydroxylation is 1. The van der Waals surface area contributed by atoms with Crippen LogP contribution in [0.5, 0.6) is 11.5 Å². The molecule has 1 heterocycles. The maximum atomic E-state index is 5.71. The maximum Gasteiger partial charge on any atom is 0.172 e. The summed E-state index contributed by atoms with van der Waals surface area (Å²) in [5, 5.41) is 6.74. The standard InChI is InChI=1S/C17H21N3O2S/c1-12-4-9-16(18-10-12)20-17(23)19-13(2)11-22-15-7-5-14(21-3)6-8-15/h4-10,13H,11H2,1-3H3,(H2,18,19,20,23)/t13-/m0/s1. The van der Waals surface area contributed by atoms with E-state index in [1.54, 1.807) is 13.3 Å². The lowest BCUT2D eigenvalue weighted by atomic mass is 10.3. The Kier molecular flexibility index (Phi) is 6.17. The van der Waals surface area contributed by atoms with Crippen LogP contribution in [-0.4, -0.2) is 29.9 Å². The van der Waals surface area contributed by atoms with Gasteiger partial charge in [-0.2, -0.15) is 0 Å². The van der Waals surface area contributed by atoms with Gasteiger partial charge in [0.05, 0.1) is 13.2 Å². The molecule has 23 heavy (non-hydrogen) atoms. The van der Waals surface area contributed by atoms with E-state index in [1.165, 1.54) is 0 Å². The van der Waals surface area contributed by atoms with Crippen LogP contribution in [-0.2, 0) is 0 Å². The SMILES string of the molecule is COc1ccc(OC[C@H](C)NC(=S)Nc2ccc(C)cn2)cc1. The maximum absolute atomic E-state index is 5.71. The van der Waals surface area contributed by atoms with Gasteiger partial charge in [0.2, 0.25) is 0 Å². The molecule has 0 saturated carbocycles. The van der Waals surface area contributed by atoms with Gasteiger partial charge in [-0.3, -0.25) is 0 Å². The topological polar surface area (TPSA) is 55.4 Å². The molecule has 1 aromatic heterocycles. The highest BCUT2D eigenvalue weighted by atomic mass is 32.1.